The van der Waals surface area contributed by atoms with Crippen LogP contribution >= 0.6 is 0 Å². The van der Waals surface area contributed by atoms with Crippen LogP contribution in [0.15, 0.2) is 4.99 Å². The van der Waals surface area contributed by atoms with E-state index in [0.717, 1.165) is 6.54 Å². The Hall–Kier alpha value is -0.570. The molecule has 0 aliphatic carbocycles. The van der Waals surface area contributed by atoms with E-state index in [2.05, 4.69) is 22.3 Å². The number of likely N-dealkylation sites (tertiary alicyclic amines) is 1. The molecular weight excluding hydrogens is 150 g/mol. The molecule has 0 aromatic rings. The van der Waals surface area contributed by atoms with E-state index in [1.807, 2.05) is 0 Å². The smallest absolute Gasteiger partial charge is 0.0966 e. The Balaban J connectivity index is 1.79. The molecule has 1 N–H and O–H groups in total. The Labute approximate surface area is 73.9 Å². The highest BCUT2D eigenvalue weighted by atomic mass is 15.2. The molecule has 68 valence electrons. The Morgan fingerprint density at radius 3 is 3.08 bits per heavy atom. The monoisotopic (exact) mass is 167 g/mol. The van der Waals surface area contributed by atoms with Crippen LogP contribution in [-0.4, -0.2) is 43.5 Å². The number of rotatable bonds is 1. The number of nitrogens with one attached hydrogen (secondary N) is 1. The number of likely N-dealkylation sites (N-methyl/N-ethyl adjacent to an activating group) is 1. The molecule has 0 spiro atoms. The summed E-state index contributed by atoms with van der Waals surface area (Å²) in [5.41, 5.74) is 0. The van der Waals surface area contributed by atoms with Gasteiger partial charge in [-0.2, -0.15) is 0 Å². The normalized spacial score (nSPS) is 30.8. The van der Waals surface area contributed by atoms with Gasteiger partial charge in [0, 0.05) is 25.6 Å². The highest BCUT2D eigenvalue weighted by Crippen LogP contribution is 2.09. The number of nitrogens with zero attached hydrogens (tertiary/aromatic N) is 2. The Bertz CT molecular complexity index is 188. The summed E-state index contributed by atoms with van der Waals surface area (Å²) >= 11 is 0. The van der Waals surface area contributed by atoms with E-state index < -0.39 is 0 Å². The zero-order valence-corrected chi connectivity index (χ0v) is 7.71. The predicted octanol–water partition coefficient (Wildman–Crippen LogP) is 0.472. The number of aliphatic imine (C=N–C) groups is 1. The molecule has 1 atom stereocenters. The van der Waals surface area contributed by atoms with E-state index in [0.29, 0.717) is 6.04 Å². The average molecular weight is 167 g/mol. The molecule has 12 heavy (non-hydrogen) atoms. The van der Waals surface area contributed by atoms with Crippen LogP contribution in [0, 0.1) is 0 Å². The van der Waals surface area contributed by atoms with Crippen LogP contribution in [0.5, 0.6) is 0 Å². The summed E-state index contributed by atoms with van der Waals surface area (Å²) in [4.78, 5) is 6.78. The lowest BCUT2D eigenvalue weighted by Crippen LogP contribution is -2.35. The van der Waals surface area contributed by atoms with Gasteiger partial charge >= 0.3 is 0 Å². The van der Waals surface area contributed by atoms with Gasteiger partial charge in [0.2, 0.25) is 0 Å². The van der Waals surface area contributed by atoms with Crippen LogP contribution in [0.25, 0.3) is 0 Å². The van der Waals surface area contributed by atoms with Crippen molar-refractivity contribution < 1.29 is 0 Å². The van der Waals surface area contributed by atoms with Gasteiger partial charge in [-0.15, -0.1) is 0 Å². The number of amidine groups is 1. The second kappa shape index (κ2) is 3.44. The summed E-state index contributed by atoms with van der Waals surface area (Å²) in [6, 6.07) is 0.659. The summed E-state index contributed by atoms with van der Waals surface area (Å²) in [5, 5.41) is 3.52. The summed E-state index contributed by atoms with van der Waals surface area (Å²) in [5.74, 6) is 1.25. The first-order valence-electron chi connectivity index (χ1n) is 4.83. The molecule has 0 bridgehead atoms. The third-order valence-electron chi connectivity index (χ3n) is 2.64. The fourth-order valence-electron chi connectivity index (χ4n) is 1.95. The third-order valence-corrected chi connectivity index (χ3v) is 2.64. The highest BCUT2D eigenvalue weighted by Gasteiger charge is 2.20. The van der Waals surface area contributed by atoms with Crippen molar-refractivity contribution in [3.8, 4) is 0 Å². The van der Waals surface area contributed by atoms with Crippen LogP contribution in [0.3, 0.4) is 0 Å². The molecule has 3 heteroatoms. The zero-order chi connectivity index (χ0) is 8.39. The van der Waals surface area contributed by atoms with Crippen molar-refractivity contribution in [2.24, 2.45) is 4.99 Å². The summed E-state index contributed by atoms with van der Waals surface area (Å²) in [6.07, 6.45) is 3.68. The van der Waals surface area contributed by atoms with Crippen LogP contribution in [0.2, 0.25) is 0 Å². The molecule has 1 unspecified atom stereocenters. The second-order valence-corrected chi connectivity index (χ2v) is 3.82. The minimum atomic E-state index is 0.659. The maximum atomic E-state index is 4.41. The topological polar surface area (TPSA) is 27.6 Å². The van der Waals surface area contributed by atoms with Crippen LogP contribution in [-0.2, 0) is 0 Å². The molecule has 1 fully saturated rings. The van der Waals surface area contributed by atoms with E-state index in [-0.39, 0.29) is 0 Å². The highest BCUT2D eigenvalue weighted by molar-refractivity contribution is 5.83. The fourth-order valence-corrected chi connectivity index (χ4v) is 1.95. The van der Waals surface area contributed by atoms with Crippen molar-refractivity contribution in [2.45, 2.75) is 25.3 Å². The lowest BCUT2D eigenvalue weighted by atomic mass is 10.2. The van der Waals surface area contributed by atoms with Gasteiger partial charge in [0.15, 0.2) is 0 Å². The maximum Gasteiger partial charge on any atom is 0.0966 e. The van der Waals surface area contributed by atoms with Crippen molar-refractivity contribution >= 4 is 5.84 Å². The van der Waals surface area contributed by atoms with Gasteiger partial charge in [0.05, 0.1) is 5.84 Å². The Kier molecular flexibility index (Phi) is 2.30. The number of hydrogen-bond donors (Lipinski definition) is 1. The van der Waals surface area contributed by atoms with Crippen molar-refractivity contribution in [3.63, 3.8) is 0 Å². The molecule has 3 nitrogen and oxygen atoms in total. The minimum Gasteiger partial charge on any atom is -0.370 e. The first-order chi connectivity index (χ1) is 5.84. The van der Waals surface area contributed by atoms with Gasteiger partial charge in [-0.3, -0.25) is 4.99 Å². The summed E-state index contributed by atoms with van der Waals surface area (Å²) < 4.78 is 0. The van der Waals surface area contributed by atoms with Gasteiger partial charge in [-0.1, -0.05) is 0 Å². The van der Waals surface area contributed by atoms with Crippen molar-refractivity contribution in [1.29, 1.82) is 0 Å². The van der Waals surface area contributed by atoms with Crippen LogP contribution in [0.4, 0.5) is 0 Å². The summed E-state index contributed by atoms with van der Waals surface area (Å²) in [7, 11) is 2.18. The molecule has 0 radical (unpaired) electrons. The standard InChI is InChI=1S/C9H17N3/c1-12-6-4-8(7-12)11-9-3-2-5-10-9/h8H,2-7H2,1H3,(H,10,11). The van der Waals surface area contributed by atoms with Gasteiger partial charge in [0.25, 0.3) is 0 Å². The van der Waals surface area contributed by atoms with Gasteiger partial charge in [0.1, 0.15) is 0 Å². The van der Waals surface area contributed by atoms with E-state index in [4.69, 9.17) is 0 Å². The molecule has 2 aliphatic heterocycles. The molecule has 0 aromatic heterocycles. The van der Waals surface area contributed by atoms with E-state index in [1.165, 1.54) is 38.2 Å². The van der Waals surface area contributed by atoms with Gasteiger partial charge in [-0.05, 0) is 26.4 Å². The SMILES string of the molecule is CN1CCC(NC2=NCCC2)C1. The molecule has 2 aliphatic rings. The molecule has 0 amide bonds. The van der Waals surface area contributed by atoms with E-state index in [1.54, 1.807) is 0 Å². The van der Waals surface area contributed by atoms with Crippen LogP contribution in [0.1, 0.15) is 19.3 Å². The maximum absolute atomic E-state index is 4.41. The lowest BCUT2D eigenvalue weighted by molar-refractivity contribution is 0.407. The van der Waals surface area contributed by atoms with Crippen LogP contribution < -0.4 is 5.32 Å². The molecule has 2 rings (SSSR count). The Morgan fingerprint density at radius 2 is 2.50 bits per heavy atom. The average Bonchev–Trinajstić information content (AvgIpc) is 2.63. The summed E-state index contributed by atoms with van der Waals surface area (Å²) in [6.45, 7) is 3.44. The lowest BCUT2D eigenvalue weighted by Gasteiger charge is -2.13. The van der Waals surface area contributed by atoms with Gasteiger partial charge in [-0.25, -0.2) is 0 Å². The fraction of sp³-hybridized carbons (Fsp3) is 0.889. The molecule has 1 saturated heterocycles. The molecule has 2 heterocycles. The second-order valence-electron chi connectivity index (χ2n) is 3.82. The Morgan fingerprint density at radius 1 is 1.58 bits per heavy atom. The molecule has 0 aromatic carbocycles. The molecular formula is C9H17N3. The van der Waals surface area contributed by atoms with E-state index >= 15 is 0 Å². The minimum absolute atomic E-state index is 0.659. The zero-order valence-electron chi connectivity index (χ0n) is 7.71. The largest absolute Gasteiger partial charge is 0.370 e. The first-order valence-corrected chi connectivity index (χ1v) is 4.83. The van der Waals surface area contributed by atoms with Crippen molar-refractivity contribution in [2.75, 3.05) is 26.7 Å². The molecule has 0 saturated carbocycles. The van der Waals surface area contributed by atoms with E-state index in [9.17, 15) is 0 Å². The number of hydrogen-bond acceptors (Lipinski definition) is 3. The van der Waals surface area contributed by atoms with Crippen molar-refractivity contribution in [3.05, 3.63) is 0 Å². The third kappa shape index (κ3) is 1.78. The predicted molar refractivity (Wildman–Crippen MR) is 50.6 cm³/mol. The first kappa shape index (κ1) is 8.05. The van der Waals surface area contributed by atoms with Crippen molar-refractivity contribution in [1.82, 2.24) is 10.2 Å². The van der Waals surface area contributed by atoms with Gasteiger partial charge < -0.3 is 10.2 Å². The quantitative estimate of drug-likeness (QED) is 0.615.